The Hall–Kier alpha value is -0.770. The Balaban J connectivity index is 2.50. The van der Waals surface area contributed by atoms with Crippen LogP contribution in [0.15, 0.2) is 0 Å². The highest BCUT2D eigenvalue weighted by molar-refractivity contribution is 5.87. The highest BCUT2D eigenvalue weighted by atomic mass is 16.1. The molecular formula is C12H17O. The molecule has 0 bridgehead atoms. The van der Waals surface area contributed by atoms with Crippen LogP contribution in [0.25, 0.3) is 0 Å². The normalized spacial score (nSPS) is 24.2. The first-order valence-electron chi connectivity index (χ1n) is 5.15. The third-order valence-corrected chi connectivity index (χ3v) is 2.46. The molecule has 1 atom stereocenters. The van der Waals surface area contributed by atoms with Gasteiger partial charge in [-0.15, -0.1) is 5.92 Å². The highest BCUT2D eigenvalue weighted by Gasteiger charge is 2.10. The van der Waals surface area contributed by atoms with Gasteiger partial charge in [0.25, 0.3) is 0 Å². The van der Waals surface area contributed by atoms with E-state index in [2.05, 4.69) is 18.8 Å². The molecule has 0 saturated carbocycles. The smallest absolute Gasteiger partial charge is 0.148 e. The van der Waals surface area contributed by atoms with Crippen molar-refractivity contribution in [1.29, 1.82) is 0 Å². The molecule has 71 valence electrons. The zero-order valence-corrected chi connectivity index (χ0v) is 8.14. The number of hydrogen-bond acceptors (Lipinski definition) is 1. The molecule has 0 aromatic heterocycles. The van der Waals surface area contributed by atoms with Crippen molar-refractivity contribution in [3.63, 3.8) is 0 Å². The number of rotatable bonds is 1. The molecule has 13 heavy (non-hydrogen) atoms. The fraction of sp³-hybridized carbons (Fsp3) is 0.667. The van der Waals surface area contributed by atoms with Crippen LogP contribution in [0.4, 0.5) is 0 Å². The number of ketones is 1. The van der Waals surface area contributed by atoms with Gasteiger partial charge in [-0.3, -0.25) is 4.79 Å². The summed E-state index contributed by atoms with van der Waals surface area (Å²) in [5.74, 6) is 6.01. The summed E-state index contributed by atoms with van der Waals surface area (Å²) in [7, 11) is 0. The second-order valence-corrected chi connectivity index (χ2v) is 3.65. The minimum Gasteiger partial charge on any atom is -0.298 e. The fourth-order valence-corrected chi connectivity index (χ4v) is 1.60. The summed E-state index contributed by atoms with van der Waals surface area (Å²) in [6, 6.07) is 0. The molecular weight excluding hydrogens is 160 g/mol. The van der Waals surface area contributed by atoms with Crippen molar-refractivity contribution < 1.29 is 4.79 Å². The van der Waals surface area contributed by atoms with Crippen LogP contribution in [0.2, 0.25) is 0 Å². The average Bonchev–Trinajstić information content (AvgIpc) is 2.14. The van der Waals surface area contributed by atoms with Gasteiger partial charge in [-0.1, -0.05) is 31.6 Å². The van der Waals surface area contributed by atoms with Crippen molar-refractivity contribution in [2.45, 2.75) is 44.9 Å². The predicted molar refractivity (Wildman–Crippen MR) is 53.9 cm³/mol. The number of hydrogen-bond donors (Lipinski definition) is 0. The Morgan fingerprint density at radius 1 is 1.15 bits per heavy atom. The molecule has 1 aliphatic carbocycles. The third kappa shape index (κ3) is 4.12. The van der Waals surface area contributed by atoms with E-state index in [4.69, 9.17) is 0 Å². The van der Waals surface area contributed by atoms with Gasteiger partial charge in [0.1, 0.15) is 5.78 Å². The third-order valence-electron chi connectivity index (χ3n) is 2.46. The average molecular weight is 177 g/mol. The maximum Gasteiger partial charge on any atom is 0.148 e. The second-order valence-electron chi connectivity index (χ2n) is 3.65. The second kappa shape index (κ2) is 5.80. The van der Waals surface area contributed by atoms with Crippen LogP contribution in [-0.4, -0.2) is 5.78 Å². The summed E-state index contributed by atoms with van der Waals surface area (Å²) in [6.07, 6.45) is 7.99. The quantitative estimate of drug-likeness (QED) is 0.563. The highest BCUT2D eigenvalue weighted by Crippen LogP contribution is 2.14. The summed E-state index contributed by atoms with van der Waals surface area (Å²) in [5.41, 5.74) is 0. The number of Topliss-reactive ketones (excluding diaryl/α,β-unsaturated/α-hetero) is 1. The molecule has 0 heterocycles. The van der Waals surface area contributed by atoms with E-state index in [1.54, 1.807) is 0 Å². The van der Waals surface area contributed by atoms with Crippen LogP contribution in [0.5, 0.6) is 0 Å². The Morgan fingerprint density at radius 3 is 2.62 bits per heavy atom. The molecule has 0 aromatic rings. The van der Waals surface area contributed by atoms with Crippen molar-refractivity contribution in [2.24, 2.45) is 5.92 Å². The van der Waals surface area contributed by atoms with Gasteiger partial charge in [-0.05, 0) is 12.8 Å². The summed E-state index contributed by atoms with van der Waals surface area (Å²) < 4.78 is 0. The molecule has 1 aliphatic rings. The first-order valence-corrected chi connectivity index (χ1v) is 5.15. The Kier molecular flexibility index (Phi) is 4.60. The van der Waals surface area contributed by atoms with E-state index in [0.717, 1.165) is 19.3 Å². The minimum atomic E-state index is -0.0851. The van der Waals surface area contributed by atoms with E-state index >= 15 is 0 Å². The molecule has 0 amide bonds. The summed E-state index contributed by atoms with van der Waals surface area (Å²) in [5, 5.41) is 0. The molecule has 1 unspecified atom stereocenters. The summed E-state index contributed by atoms with van der Waals surface area (Å²) >= 11 is 0. The van der Waals surface area contributed by atoms with Crippen LogP contribution in [-0.2, 0) is 4.79 Å². The number of carbonyl (C=O) groups excluding carboxylic acids is 1. The van der Waals surface area contributed by atoms with Gasteiger partial charge in [0.15, 0.2) is 0 Å². The van der Waals surface area contributed by atoms with Crippen LogP contribution >= 0.6 is 0 Å². The van der Waals surface area contributed by atoms with E-state index in [1.165, 1.54) is 25.7 Å². The Labute approximate surface area is 80.9 Å². The van der Waals surface area contributed by atoms with Crippen LogP contribution < -0.4 is 0 Å². The lowest BCUT2D eigenvalue weighted by atomic mass is 9.96. The molecule has 1 rings (SSSR count). The molecule has 1 nitrogen and oxygen atoms in total. The van der Waals surface area contributed by atoms with Crippen LogP contribution in [0.1, 0.15) is 44.9 Å². The number of carbonyl (C=O) groups is 1. The monoisotopic (exact) mass is 177 g/mol. The van der Waals surface area contributed by atoms with Gasteiger partial charge in [0, 0.05) is 13.3 Å². The van der Waals surface area contributed by atoms with Crippen molar-refractivity contribution in [2.75, 3.05) is 0 Å². The fourth-order valence-electron chi connectivity index (χ4n) is 1.60. The van der Waals surface area contributed by atoms with E-state index in [0.29, 0.717) is 0 Å². The lowest BCUT2D eigenvalue weighted by Gasteiger charge is -2.07. The van der Waals surface area contributed by atoms with Crippen LogP contribution in [0, 0.1) is 24.7 Å². The molecule has 0 N–H and O–H groups in total. The summed E-state index contributed by atoms with van der Waals surface area (Å²) in [4.78, 5) is 11.0. The molecule has 0 aromatic carbocycles. The Bertz CT molecular complexity index is 219. The lowest BCUT2D eigenvalue weighted by Crippen LogP contribution is -2.09. The van der Waals surface area contributed by atoms with Crippen LogP contribution in [0.3, 0.4) is 0 Å². The SMILES string of the molecule is [CH2]C(=O)C1C#CCCCCCCC1. The van der Waals surface area contributed by atoms with E-state index < -0.39 is 0 Å². The summed E-state index contributed by atoms with van der Waals surface area (Å²) in [6.45, 7) is 3.45. The van der Waals surface area contributed by atoms with Crippen molar-refractivity contribution in [3.8, 4) is 11.8 Å². The molecule has 0 saturated heterocycles. The van der Waals surface area contributed by atoms with Crippen molar-refractivity contribution >= 4 is 5.78 Å². The standard InChI is InChI=1S/C12H17O/c1-11(13)12-9-7-5-3-2-4-6-8-10-12/h12H,1-7,9H2. The first kappa shape index (κ1) is 10.3. The van der Waals surface area contributed by atoms with Gasteiger partial charge in [0.05, 0.1) is 5.92 Å². The molecule has 0 fully saturated rings. The van der Waals surface area contributed by atoms with Gasteiger partial charge >= 0.3 is 0 Å². The predicted octanol–water partition coefficient (Wildman–Crippen LogP) is 2.75. The molecule has 1 heteroatoms. The maximum atomic E-state index is 11.0. The van der Waals surface area contributed by atoms with Crippen molar-refractivity contribution in [1.82, 2.24) is 0 Å². The van der Waals surface area contributed by atoms with E-state index in [-0.39, 0.29) is 11.7 Å². The van der Waals surface area contributed by atoms with Gasteiger partial charge in [-0.25, -0.2) is 0 Å². The Morgan fingerprint density at radius 2 is 1.85 bits per heavy atom. The first-order chi connectivity index (χ1) is 6.30. The van der Waals surface area contributed by atoms with Gasteiger partial charge in [-0.2, -0.15) is 0 Å². The van der Waals surface area contributed by atoms with E-state index in [9.17, 15) is 4.79 Å². The lowest BCUT2D eigenvalue weighted by molar-refractivity contribution is -0.117. The van der Waals surface area contributed by atoms with Gasteiger partial charge in [0.2, 0.25) is 0 Å². The molecule has 0 aliphatic heterocycles. The van der Waals surface area contributed by atoms with E-state index in [1.807, 2.05) is 0 Å². The minimum absolute atomic E-state index is 0.00641. The zero-order valence-electron chi connectivity index (χ0n) is 8.14. The molecule has 0 spiro atoms. The molecule has 1 radical (unpaired) electrons. The van der Waals surface area contributed by atoms with Crippen molar-refractivity contribution in [3.05, 3.63) is 6.92 Å². The zero-order chi connectivity index (χ0) is 9.52. The van der Waals surface area contributed by atoms with Gasteiger partial charge < -0.3 is 0 Å². The topological polar surface area (TPSA) is 17.1 Å². The maximum absolute atomic E-state index is 11.0. The largest absolute Gasteiger partial charge is 0.298 e.